The molecule has 1 saturated heterocycles. The number of rotatable bonds is 5. The zero-order valence-electron chi connectivity index (χ0n) is 15.8. The summed E-state index contributed by atoms with van der Waals surface area (Å²) in [7, 11) is 1.91. The predicted molar refractivity (Wildman–Crippen MR) is 100 cm³/mol. The molecule has 0 radical (unpaired) electrons. The Labute approximate surface area is 154 Å². The molecule has 8 nitrogen and oxygen atoms in total. The number of aromatic nitrogens is 4. The standard InChI is InChI=1S/C18H27N7O/c1-14-11-20-15(2)17(22-14)24-7-9-25(10-8-24)18(26)19-6-4-5-16-12-21-23(3)13-16/h11-13H,4-10H2,1-3H3,(H,19,26). The molecule has 3 rings (SSSR count). The summed E-state index contributed by atoms with van der Waals surface area (Å²) in [6.07, 6.45) is 7.51. The van der Waals surface area contributed by atoms with E-state index in [2.05, 4.69) is 25.3 Å². The number of nitrogens with zero attached hydrogens (tertiary/aromatic N) is 6. The molecule has 2 aromatic heterocycles. The summed E-state index contributed by atoms with van der Waals surface area (Å²) in [6.45, 7) is 7.56. The van der Waals surface area contributed by atoms with Crippen molar-refractivity contribution in [1.29, 1.82) is 0 Å². The maximum Gasteiger partial charge on any atom is 0.317 e. The molecule has 2 aromatic rings. The highest BCUT2D eigenvalue weighted by atomic mass is 16.2. The molecule has 0 atom stereocenters. The van der Waals surface area contributed by atoms with Gasteiger partial charge in [-0.3, -0.25) is 9.67 Å². The summed E-state index contributed by atoms with van der Waals surface area (Å²) >= 11 is 0. The highest BCUT2D eigenvalue weighted by Crippen LogP contribution is 2.17. The number of nitrogens with one attached hydrogen (secondary N) is 1. The quantitative estimate of drug-likeness (QED) is 0.816. The second-order valence-corrected chi connectivity index (χ2v) is 6.75. The van der Waals surface area contributed by atoms with Gasteiger partial charge in [0, 0.05) is 52.2 Å². The lowest BCUT2D eigenvalue weighted by Gasteiger charge is -2.35. The summed E-state index contributed by atoms with van der Waals surface area (Å²) < 4.78 is 1.80. The first kappa shape index (κ1) is 18.2. The van der Waals surface area contributed by atoms with Gasteiger partial charge in [0.05, 0.1) is 17.6 Å². The molecule has 0 saturated carbocycles. The van der Waals surface area contributed by atoms with Crippen LogP contribution in [0.2, 0.25) is 0 Å². The molecule has 140 valence electrons. The summed E-state index contributed by atoms with van der Waals surface area (Å²) in [5, 5.41) is 7.17. The van der Waals surface area contributed by atoms with Crippen LogP contribution in [0.5, 0.6) is 0 Å². The smallest absolute Gasteiger partial charge is 0.317 e. The molecule has 0 aromatic carbocycles. The van der Waals surface area contributed by atoms with Gasteiger partial charge >= 0.3 is 6.03 Å². The van der Waals surface area contributed by atoms with Crippen molar-refractivity contribution in [3.63, 3.8) is 0 Å². The third-order valence-corrected chi connectivity index (χ3v) is 4.59. The van der Waals surface area contributed by atoms with Crippen molar-refractivity contribution in [1.82, 2.24) is 30.0 Å². The number of aryl methyl sites for hydroxylation is 4. The minimum Gasteiger partial charge on any atom is -0.352 e. The number of amides is 2. The topological polar surface area (TPSA) is 79.2 Å². The fraction of sp³-hybridized carbons (Fsp3) is 0.556. The number of hydrogen-bond acceptors (Lipinski definition) is 5. The highest BCUT2D eigenvalue weighted by molar-refractivity contribution is 5.74. The van der Waals surface area contributed by atoms with Crippen molar-refractivity contribution in [2.24, 2.45) is 7.05 Å². The van der Waals surface area contributed by atoms with Gasteiger partial charge in [0.1, 0.15) is 5.82 Å². The van der Waals surface area contributed by atoms with Gasteiger partial charge in [-0.05, 0) is 32.3 Å². The highest BCUT2D eigenvalue weighted by Gasteiger charge is 2.22. The average Bonchev–Trinajstić information content (AvgIpc) is 3.06. The maximum absolute atomic E-state index is 12.3. The number of anilines is 1. The first-order chi connectivity index (χ1) is 12.5. The lowest BCUT2D eigenvalue weighted by Crippen LogP contribution is -2.52. The minimum absolute atomic E-state index is 0.0166. The molecule has 0 aliphatic carbocycles. The van der Waals surface area contributed by atoms with Crippen molar-refractivity contribution in [3.8, 4) is 0 Å². The molecule has 1 aliphatic heterocycles. The van der Waals surface area contributed by atoms with E-state index < -0.39 is 0 Å². The molecule has 1 N–H and O–H groups in total. The van der Waals surface area contributed by atoms with Crippen LogP contribution in [0.1, 0.15) is 23.4 Å². The number of hydrogen-bond donors (Lipinski definition) is 1. The van der Waals surface area contributed by atoms with Crippen LogP contribution in [0.25, 0.3) is 0 Å². The number of urea groups is 1. The zero-order chi connectivity index (χ0) is 18.5. The fourth-order valence-electron chi connectivity index (χ4n) is 3.15. The average molecular weight is 357 g/mol. The van der Waals surface area contributed by atoms with Crippen LogP contribution in [0.15, 0.2) is 18.6 Å². The van der Waals surface area contributed by atoms with Crippen molar-refractivity contribution < 1.29 is 4.79 Å². The molecule has 26 heavy (non-hydrogen) atoms. The summed E-state index contributed by atoms with van der Waals surface area (Å²) in [5.41, 5.74) is 3.05. The molecule has 0 unspecified atom stereocenters. The van der Waals surface area contributed by atoms with Crippen LogP contribution in [0.4, 0.5) is 10.6 Å². The second-order valence-electron chi connectivity index (χ2n) is 6.75. The van der Waals surface area contributed by atoms with E-state index in [4.69, 9.17) is 0 Å². The van der Waals surface area contributed by atoms with E-state index in [1.165, 1.54) is 5.56 Å². The van der Waals surface area contributed by atoms with E-state index in [0.29, 0.717) is 19.6 Å². The van der Waals surface area contributed by atoms with Crippen LogP contribution in [-0.4, -0.2) is 63.4 Å². The van der Waals surface area contributed by atoms with Crippen LogP contribution < -0.4 is 10.2 Å². The number of carbonyl (C=O) groups is 1. The first-order valence-electron chi connectivity index (χ1n) is 9.08. The van der Waals surface area contributed by atoms with E-state index in [0.717, 1.165) is 43.1 Å². The van der Waals surface area contributed by atoms with Crippen molar-refractivity contribution >= 4 is 11.8 Å². The predicted octanol–water partition coefficient (Wildman–Crippen LogP) is 1.29. The number of carbonyl (C=O) groups excluding carboxylic acids is 1. The SMILES string of the molecule is Cc1cnc(C)c(N2CCN(C(=O)NCCCc3cnn(C)c3)CC2)n1. The molecule has 0 spiro atoms. The lowest BCUT2D eigenvalue weighted by atomic mass is 10.2. The molecule has 8 heteroatoms. The molecular formula is C18H27N7O. The third kappa shape index (κ3) is 4.50. The Balaban J connectivity index is 1.41. The third-order valence-electron chi connectivity index (χ3n) is 4.59. The van der Waals surface area contributed by atoms with Gasteiger partial charge in [0.2, 0.25) is 0 Å². The van der Waals surface area contributed by atoms with Gasteiger partial charge in [-0.25, -0.2) is 9.78 Å². The van der Waals surface area contributed by atoms with Crippen LogP contribution >= 0.6 is 0 Å². The van der Waals surface area contributed by atoms with Gasteiger partial charge in [0.15, 0.2) is 0 Å². The van der Waals surface area contributed by atoms with Crippen LogP contribution in [-0.2, 0) is 13.5 Å². The van der Waals surface area contributed by atoms with E-state index in [9.17, 15) is 4.79 Å². The van der Waals surface area contributed by atoms with Crippen LogP contribution in [0, 0.1) is 13.8 Å². The Morgan fingerprint density at radius 3 is 2.65 bits per heavy atom. The van der Waals surface area contributed by atoms with Gasteiger partial charge < -0.3 is 15.1 Å². The van der Waals surface area contributed by atoms with Crippen molar-refractivity contribution in [2.75, 3.05) is 37.6 Å². The molecule has 2 amide bonds. The Morgan fingerprint density at radius 2 is 1.96 bits per heavy atom. The Hall–Kier alpha value is -2.64. The fourth-order valence-corrected chi connectivity index (χ4v) is 3.15. The largest absolute Gasteiger partial charge is 0.352 e. The maximum atomic E-state index is 12.3. The van der Waals surface area contributed by atoms with Crippen molar-refractivity contribution in [3.05, 3.63) is 35.5 Å². The van der Waals surface area contributed by atoms with Crippen molar-refractivity contribution in [2.45, 2.75) is 26.7 Å². The molecular weight excluding hydrogens is 330 g/mol. The zero-order valence-corrected chi connectivity index (χ0v) is 15.8. The van der Waals surface area contributed by atoms with E-state index in [-0.39, 0.29) is 6.03 Å². The minimum atomic E-state index is 0.0166. The Kier molecular flexibility index (Phi) is 5.70. The Morgan fingerprint density at radius 1 is 1.19 bits per heavy atom. The molecule has 1 aliphatic rings. The second kappa shape index (κ2) is 8.16. The molecule has 0 bridgehead atoms. The number of piperazine rings is 1. The van der Waals surface area contributed by atoms with Gasteiger partial charge in [-0.15, -0.1) is 0 Å². The lowest BCUT2D eigenvalue weighted by molar-refractivity contribution is 0.194. The van der Waals surface area contributed by atoms with E-state index in [1.54, 1.807) is 10.9 Å². The molecule has 3 heterocycles. The summed E-state index contributed by atoms with van der Waals surface area (Å²) in [4.78, 5) is 25.4. The molecule has 1 fully saturated rings. The van der Waals surface area contributed by atoms with Gasteiger partial charge in [-0.2, -0.15) is 5.10 Å². The van der Waals surface area contributed by atoms with Gasteiger partial charge in [-0.1, -0.05) is 0 Å². The van der Waals surface area contributed by atoms with E-state index in [1.807, 2.05) is 38.2 Å². The van der Waals surface area contributed by atoms with Crippen LogP contribution in [0.3, 0.4) is 0 Å². The normalized spacial score (nSPS) is 14.6. The van der Waals surface area contributed by atoms with E-state index >= 15 is 0 Å². The summed E-state index contributed by atoms with van der Waals surface area (Å²) in [6, 6.07) is 0.0166. The van der Waals surface area contributed by atoms with Gasteiger partial charge in [0.25, 0.3) is 0 Å². The Bertz CT molecular complexity index is 750. The monoisotopic (exact) mass is 357 g/mol. The summed E-state index contributed by atoms with van der Waals surface area (Å²) in [5.74, 6) is 0.932. The first-order valence-corrected chi connectivity index (χ1v) is 9.08.